The Balaban J connectivity index is 1.12. The summed E-state index contributed by atoms with van der Waals surface area (Å²) in [5, 5.41) is 8.73. The highest BCUT2D eigenvalue weighted by molar-refractivity contribution is 7.28. The minimum atomic E-state index is 1.05. The van der Waals surface area contributed by atoms with Gasteiger partial charge in [0.2, 0.25) is 0 Å². The van der Waals surface area contributed by atoms with Gasteiger partial charge in [-0.25, -0.2) is 4.98 Å². The van der Waals surface area contributed by atoms with Gasteiger partial charge in [0, 0.05) is 42.8 Å². The lowest BCUT2D eigenvalue weighted by molar-refractivity contribution is 1.29. The van der Waals surface area contributed by atoms with Crippen LogP contribution in [0.1, 0.15) is 0 Å². The van der Waals surface area contributed by atoms with Gasteiger partial charge in [-0.1, -0.05) is 109 Å². The maximum atomic E-state index is 5.05. The molecule has 4 heteroatoms. The van der Waals surface area contributed by atoms with E-state index < -0.39 is 0 Å². The molecule has 0 saturated heterocycles. The maximum Gasteiger partial charge on any atom is 0.124 e. The van der Waals surface area contributed by atoms with E-state index in [1.54, 1.807) is 11.3 Å². The smallest absolute Gasteiger partial charge is 0.124 e. The van der Waals surface area contributed by atoms with Crippen molar-refractivity contribution in [3.8, 4) is 21.7 Å². The predicted molar refractivity (Wildman–Crippen MR) is 213 cm³/mol. The number of rotatable bonds is 5. The van der Waals surface area contributed by atoms with E-state index in [0.29, 0.717) is 0 Å². The molecule has 0 fully saturated rings. The molecule has 8 aromatic carbocycles. The number of aromatic nitrogens is 1. The van der Waals surface area contributed by atoms with Gasteiger partial charge in [0.1, 0.15) is 5.01 Å². The van der Waals surface area contributed by atoms with Gasteiger partial charge in [0.15, 0.2) is 0 Å². The van der Waals surface area contributed by atoms with E-state index >= 15 is 0 Å². The average molecular weight is 661 g/mol. The van der Waals surface area contributed by atoms with Crippen molar-refractivity contribution in [3.05, 3.63) is 170 Å². The van der Waals surface area contributed by atoms with Gasteiger partial charge >= 0.3 is 0 Å². The summed E-state index contributed by atoms with van der Waals surface area (Å²) in [7, 11) is 0. The molecule has 2 heterocycles. The normalized spacial score (nSPS) is 11.7. The van der Waals surface area contributed by atoms with Crippen molar-refractivity contribution in [2.24, 2.45) is 0 Å². The molecule has 0 aliphatic carbocycles. The summed E-state index contributed by atoms with van der Waals surface area (Å²) < 4.78 is 3.83. The lowest BCUT2D eigenvalue weighted by atomic mass is 9.93. The molecule has 2 nitrogen and oxygen atoms in total. The van der Waals surface area contributed by atoms with Crippen LogP contribution in [0.2, 0.25) is 0 Å². The minimum absolute atomic E-state index is 1.05. The maximum absolute atomic E-state index is 5.05. The lowest BCUT2D eigenvalue weighted by Crippen LogP contribution is -2.09. The zero-order valence-corrected chi connectivity index (χ0v) is 28.0. The monoisotopic (exact) mass is 660 g/mol. The van der Waals surface area contributed by atoms with Crippen molar-refractivity contribution in [2.75, 3.05) is 4.90 Å². The molecule has 0 spiro atoms. The number of thiophene rings is 1. The largest absolute Gasteiger partial charge is 0.310 e. The molecule has 49 heavy (non-hydrogen) atoms. The Kier molecular flexibility index (Phi) is 6.57. The van der Waals surface area contributed by atoms with Gasteiger partial charge in [0.25, 0.3) is 0 Å². The van der Waals surface area contributed by atoms with E-state index in [2.05, 4.69) is 175 Å². The molecule has 0 saturated carbocycles. The molecule has 10 rings (SSSR count). The fourth-order valence-corrected chi connectivity index (χ4v) is 9.48. The zero-order valence-electron chi connectivity index (χ0n) is 26.4. The number of fused-ring (bicyclic) bond motifs is 8. The van der Waals surface area contributed by atoms with Crippen LogP contribution < -0.4 is 4.90 Å². The average Bonchev–Trinajstić information content (AvgIpc) is 3.77. The summed E-state index contributed by atoms with van der Waals surface area (Å²) in [6.07, 6.45) is 0. The summed E-state index contributed by atoms with van der Waals surface area (Å²) in [6.45, 7) is 0. The van der Waals surface area contributed by atoms with E-state index in [-0.39, 0.29) is 0 Å². The van der Waals surface area contributed by atoms with Gasteiger partial charge in [-0.05, 0) is 93.3 Å². The summed E-state index contributed by atoms with van der Waals surface area (Å²) in [6, 6.07) is 61.3. The summed E-state index contributed by atoms with van der Waals surface area (Å²) in [5.41, 5.74) is 8.05. The molecule has 0 aliphatic heterocycles. The third-order valence-electron chi connectivity index (χ3n) is 9.47. The fraction of sp³-hybridized carbons (Fsp3) is 0. The van der Waals surface area contributed by atoms with Crippen LogP contribution >= 0.6 is 22.7 Å². The van der Waals surface area contributed by atoms with Crippen LogP contribution in [0, 0.1) is 0 Å². The van der Waals surface area contributed by atoms with Crippen molar-refractivity contribution >= 4 is 91.7 Å². The third kappa shape index (κ3) is 4.72. The Morgan fingerprint density at radius 3 is 1.90 bits per heavy atom. The topological polar surface area (TPSA) is 16.1 Å². The van der Waals surface area contributed by atoms with Gasteiger partial charge in [-0.2, -0.15) is 0 Å². The number of benzene rings is 8. The number of thiazole rings is 1. The standard InChI is InChI=1S/C45H28N2S2/c1-3-11-30(12-4-1)45-46-40-24-26-42-43(44(40)49-45)39-28-34(23-25-41(39)48-42)47(32-14-5-2-6-15-32)33-21-19-29(20-22-33)38-27-31-13-7-8-16-35(31)36-17-9-10-18-37(36)38/h1-28H. The van der Waals surface area contributed by atoms with Crippen molar-refractivity contribution in [2.45, 2.75) is 0 Å². The quantitative estimate of drug-likeness (QED) is 0.171. The lowest BCUT2D eigenvalue weighted by Gasteiger charge is -2.26. The predicted octanol–water partition coefficient (Wildman–Crippen LogP) is 13.8. The summed E-state index contributed by atoms with van der Waals surface area (Å²) in [4.78, 5) is 7.42. The molecule has 0 amide bonds. The number of hydrogen-bond donors (Lipinski definition) is 0. The van der Waals surface area contributed by atoms with Crippen LogP contribution in [0.15, 0.2) is 170 Å². The van der Waals surface area contributed by atoms with Crippen molar-refractivity contribution in [1.82, 2.24) is 4.98 Å². The fourth-order valence-electron chi connectivity index (χ4n) is 7.19. The molecule has 0 bridgehead atoms. The van der Waals surface area contributed by atoms with Crippen molar-refractivity contribution in [1.29, 1.82) is 0 Å². The first kappa shape index (κ1) is 28.2. The van der Waals surface area contributed by atoms with Crippen LogP contribution in [0.25, 0.3) is 73.6 Å². The molecular weight excluding hydrogens is 633 g/mol. The Hall–Kier alpha value is -5.81. The van der Waals surface area contributed by atoms with Crippen molar-refractivity contribution in [3.63, 3.8) is 0 Å². The van der Waals surface area contributed by atoms with E-state index in [4.69, 9.17) is 4.98 Å². The molecule has 0 radical (unpaired) electrons. The number of hydrogen-bond acceptors (Lipinski definition) is 4. The third-order valence-corrected chi connectivity index (χ3v) is 11.7. The van der Waals surface area contributed by atoms with Gasteiger partial charge in [0.05, 0.1) is 10.2 Å². The molecule has 0 atom stereocenters. The van der Waals surface area contributed by atoms with Crippen LogP contribution in [0.4, 0.5) is 17.1 Å². The number of nitrogens with zero attached hydrogens (tertiary/aromatic N) is 2. The molecule has 2 aromatic heterocycles. The zero-order chi connectivity index (χ0) is 32.3. The van der Waals surface area contributed by atoms with Crippen molar-refractivity contribution < 1.29 is 0 Å². The highest BCUT2D eigenvalue weighted by Crippen LogP contribution is 2.45. The Morgan fingerprint density at radius 2 is 1.08 bits per heavy atom. The number of anilines is 3. The summed E-state index contributed by atoms with van der Waals surface area (Å²) >= 11 is 3.64. The molecule has 0 aliphatic rings. The second kappa shape index (κ2) is 11.4. The molecule has 10 aromatic rings. The second-order valence-electron chi connectivity index (χ2n) is 12.4. The summed E-state index contributed by atoms with van der Waals surface area (Å²) in [5.74, 6) is 0. The highest BCUT2D eigenvalue weighted by Gasteiger charge is 2.18. The minimum Gasteiger partial charge on any atom is -0.310 e. The Bertz CT molecular complexity index is 2820. The molecule has 0 N–H and O–H groups in total. The van der Waals surface area contributed by atoms with E-state index in [9.17, 15) is 0 Å². The Labute approximate surface area is 291 Å². The molecule has 0 unspecified atom stereocenters. The van der Waals surface area contributed by atoms with E-state index in [1.807, 2.05) is 11.3 Å². The first-order valence-electron chi connectivity index (χ1n) is 16.5. The molecule has 230 valence electrons. The van der Waals surface area contributed by atoms with Crippen LogP contribution in [0.3, 0.4) is 0 Å². The van der Waals surface area contributed by atoms with Gasteiger partial charge in [-0.15, -0.1) is 22.7 Å². The first-order valence-corrected chi connectivity index (χ1v) is 18.1. The SMILES string of the molecule is c1ccc(-c2nc3ccc4sc5ccc(N(c6ccccc6)c6ccc(-c7cc8ccccc8c8ccccc78)cc6)cc5c4c3s2)cc1. The first-order chi connectivity index (χ1) is 24.3. The Morgan fingerprint density at radius 1 is 0.429 bits per heavy atom. The highest BCUT2D eigenvalue weighted by atomic mass is 32.1. The van der Waals surface area contributed by atoms with Crippen LogP contribution in [-0.4, -0.2) is 4.98 Å². The van der Waals surface area contributed by atoms with Gasteiger partial charge in [-0.3, -0.25) is 0 Å². The van der Waals surface area contributed by atoms with Crippen LogP contribution in [-0.2, 0) is 0 Å². The molecular formula is C45H28N2S2. The van der Waals surface area contributed by atoms with E-state index in [0.717, 1.165) is 33.1 Å². The van der Waals surface area contributed by atoms with Gasteiger partial charge < -0.3 is 4.90 Å². The number of para-hydroxylation sites is 1. The second-order valence-corrected chi connectivity index (χ2v) is 14.4. The van der Waals surface area contributed by atoms with E-state index in [1.165, 1.54) is 57.5 Å². The van der Waals surface area contributed by atoms with Crippen LogP contribution in [0.5, 0.6) is 0 Å².